The van der Waals surface area contributed by atoms with Crippen LogP contribution in [0.5, 0.6) is 0 Å². The predicted molar refractivity (Wildman–Crippen MR) is 57.7 cm³/mol. The highest BCUT2D eigenvalue weighted by Crippen LogP contribution is 2.16. The third-order valence-corrected chi connectivity index (χ3v) is 2.43. The smallest absolute Gasteiger partial charge is 0.277 e. The molecular formula is C8H9N5OS. The van der Waals surface area contributed by atoms with Crippen molar-refractivity contribution in [2.75, 3.05) is 11.1 Å². The fourth-order valence-electron chi connectivity index (χ4n) is 1.10. The van der Waals surface area contributed by atoms with Crippen LogP contribution >= 0.6 is 11.3 Å². The quantitative estimate of drug-likeness (QED) is 0.785. The molecule has 0 unspecified atom stereocenters. The van der Waals surface area contributed by atoms with Gasteiger partial charge in [-0.05, 0) is 0 Å². The minimum absolute atomic E-state index is 0.254. The van der Waals surface area contributed by atoms with Gasteiger partial charge in [-0.1, -0.05) is 0 Å². The number of hydrogen-bond acceptors (Lipinski definition) is 5. The van der Waals surface area contributed by atoms with E-state index in [-0.39, 0.29) is 11.6 Å². The van der Waals surface area contributed by atoms with Crippen LogP contribution in [-0.4, -0.2) is 20.7 Å². The van der Waals surface area contributed by atoms with E-state index in [1.807, 2.05) is 0 Å². The van der Waals surface area contributed by atoms with E-state index in [1.54, 1.807) is 24.1 Å². The zero-order chi connectivity index (χ0) is 10.8. The maximum absolute atomic E-state index is 11.6. The Kier molecular flexibility index (Phi) is 2.38. The maximum Gasteiger partial charge on any atom is 0.277 e. The Morgan fingerprint density at radius 2 is 2.47 bits per heavy atom. The Morgan fingerprint density at radius 3 is 3.00 bits per heavy atom. The summed E-state index contributed by atoms with van der Waals surface area (Å²) in [6, 6.07) is 0. The number of nitrogens with zero attached hydrogens (tertiary/aromatic N) is 3. The summed E-state index contributed by atoms with van der Waals surface area (Å²) in [6.45, 7) is 0. The highest BCUT2D eigenvalue weighted by molar-refractivity contribution is 7.14. The molecule has 0 bridgehead atoms. The van der Waals surface area contributed by atoms with E-state index in [9.17, 15) is 4.79 Å². The second-order valence-electron chi connectivity index (χ2n) is 2.92. The minimum Gasteiger partial charge on any atom is -0.389 e. The first-order chi connectivity index (χ1) is 7.16. The normalized spacial score (nSPS) is 10.2. The lowest BCUT2D eigenvalue weighted by Gasteiger charge is -1.99. The van der Waals surface area contributed by atoms with Gasteiger partial charge < -0.3 is 11.1 Å². The topological polar surface area (TPSA) is 85.8 Å². The molecule has 0 spiro atoms. The average molecular weight is 223 g/mol. The zero-order valence-corrected chi connectivity index (χ0v) is 8.78. The molecule has 0 aliphatic rings. The van der Waals surface area contributed by atoms with Crippen molar-refractivity contribution in [2.24, 2.45) is 7.05 Å². The van der Waals surface area contributed by atoms with Crippen molar-refractivity contribution in [3.8, 4) is 0 Å². The molecule has 0 fully saturated rings. The number of carbonyl (C=O) groups is 1. The monoisotopic (exact) mass is 223 g/mol. The second kappa shape index (κ2) is 3.70. The van der Waals surface area contributed by atoms with Crippen molar-refractivity contribution >= 4 is 27.9 Å². The lowest BCUT2D eigenvalue weighted by molar-refractivity contribution is 0.102. The number of thiazole rings is 1. The number of nitrogens with two attached hydrogens (primary N) is 1. The van der Waals surface area contributed by atoms with Crippen molar-refractivity contribution in [2.45, 2.75) is 0 Å². The van der Waals surface area contributed by atoms with Crippen LogP contribution in [0, 0.1) is 0 Å². The minimum atomic E-state index is -0.318. The number of anilines is 2. The number of nitrogen functional groups attached to an aromatic ring is 1. The van der Waals surface area contributed by atoms with Crippen LogP contribution < -0.4 is 11.1 Å². The summed E-state index contributed by atoms with van der Waals surface area (Å²) >= 11 is 1.23. The highest BCUT2D eigenvalue weighted by Gasteiger charge is 2.13. The molecule has 2 aromatic heterocycles. The summed E-state index contributed by atoms with van der Waals surface area (Å²) in [5.41, 5.74) is 7.98. The van der Waals surface area contributed by atoms with Crippen molar-refractivity contribution in [1.29, 1.82) is 0 Å². The van der Waals surface area contributed by atoms with Crippen LogP contribution in [0.3, 0.4) is 0 Å². The first-order valence-corrected chi connectivity index (χ1v) is 5.04. The van der Waals surface area contributed by atoms with Gasteiger partial charge in [0, 0.05) is 13.2 Å². The molecule has 2 heterocycles. The first kappa shape index (κ1) is 9.66. The summed E-state index contributed by atoms with van der Waals surface area (Å²) in [7, 11) is 1.77. The highest BCUT2D eigenvalue weighted by atomic mass is 32.1. The van der Waals surface area contributed by atoms with E-state index >= 15 is 0 Å². The van der Waals surface area contributed by atoms with E-state index < -0.39 is 0 Å². The molecule has 2 rings (SSSR count). The number of amides is 1. The molecular weight excluding hydrogens is 214 g/mol. The van der Waals surface area contributed by atoms with Gasteiger partial charge in [0.1, 0.15) is 5.00 Å². The van der Waals surface area contributed by atoms with Gasteiger partial charge in [-0.2, -0.15) is 5.10 Å². The van der Waals surface area contributed by atoms with E-state index in [4.69, 9.17) is 5.73 Å². The molecule has 0 aromatic carbocycles. The average Bonchev–Trinajstić information content (AvgIpc) is 2.75. The maximum atomic E-state index is 11.6. The molecule has 0 atom stereocenters. The van der Waals surface area contributed by atoms with E-state index in [2.05, 4.69) is 15.4 Å². The third-order valence-electron chi connectivity index (χ3n) is 1.77. The van der Waals surface area contributed by atoms with E-state index in [0.717, 1.165) is 0 Å². The van der Waals surface area contributed by atoms with Crippen LogP contribution in [0.15, 0.2) is 17.9 Å². The van der Waals surface area contributed by atoms with Gasteiger partial charge in [-0.3, -0.25) is 9.48 Å². The van der Waals surface area contributed by atoms with Gasteiger partial charge in [0.05, 0.1) is 17.4 Å². The van der Waals surface area contributed by atoms with Crippen LogP contribution in [0.1, 0.15) is 10.5 Å². The SMILES string of the molecule is Cn1cc(NC(=O)c2ncsc2N)cn1. The van der Waals surface area contributed by atoms with Crippen molar-refractivity contribution < 1.29 is 4.79 Å². The second-order valence-corrected chi connectivity index (χ2v) is 3.81. The third kappa shape index (κ3) is 1.96. The van der Waals surface area contributed by atoms with Crippen LogP contribution in [0.25, 0.3) is 0 Å². The van der Waals surface area contributed by atoms with Gasteiger partial charge in [0.25, 0.3) is 5.91 Å². The Balaban J connectivity index is 2.14. The molecule has 2 aromatic rings. The first-order valence-electron chi connectivity index (χ1n) is 4.16. The summed E-state index contributed by atoms with van der Waals surface area (Å²) in [4.78, 5) is 15.5. The molecule has 15 heavy (non-hydrogen) atoms. The number of aromatic nitrogens is 3. The van der Waals surface area contributed by atoms with Gasteiger partial charge >= 0.3 is 0 Å². The molecule has 0 radical (unpaired) electrons. The number of carbonyl (C=O) groups excluding carboxylic acids is 1. The lowest BCUT2D eigenvalue weighted by Crippen LogP contribution is -2.13. The van der Waals surface area contributed by atoms with Crippen LogP contribution in [-0.2, 0) is 7.05 Å². The number of aryl methyl sites for hydroxylation is 1. The Hall–Kier alpha value is -1.89. The lowest BCUT2D eigenvalue weighted by atomic mass is 10.4. The number of hydrogen-bond donors (Lipinski definition) is 2. The van der Waals surface area contributed by atoms with Crippen LogP contribution in [0.4, 0.5) is 10.7 Å². The summed E-state index contributed by atoms with van der Waals surface area (Å²) < 4.78 is 1.60. The number of nitrogens with one attached hydrogen (secondary N) is 1. The molecule has 6 nitrogen and oxygen atoms in total. The van der Waals surface area contributed by atoms with E-state index in [1.165, 1.54) is 16.8 Å². The fourth-order valence-corrected chi connectivity index (χ4v) is 1.63. The van der Waals surface area contributed by atoms with E-state index in [0.29, 0.717) is 10.7 Å². The zero-order valence-electron chi connectivity index (χ0n) is 7.97. The molecule has 0 saturated heterocycles. The molecule has 0 aliphatic carbocycles. The van der Waals surface area contributed by atoms with Gasteiger partial charge in [0.15, 0.2) is 5.69 Å². The molecule has 78 valence electrons. The summed E-state index contributed by atoms with van der Waals surface area (Å²) in [6.07, 6.45) is 3.25. The molecule has 1 amide bonds. The van der Waals surface area contributed by atoms with Gasteiger partial charge in [-0.25, -0.2) is 4.98 Å². The van der Waals surface area contributed by atoms with Gasteiger partial charge in [-0.15, -0.1) is 11.3 Å². The molecule has 3 N–H and O–H groups in total. The van der Waals surface area contributed by atoms with Crippen molar-refractivity contribution in [3.63, 3.8) is 0 Å². The Labute approximate surface area is 89.7 Å². The standard InChI is InChI=1S/C8H9N5OS/c1-13-3-5(2-11-13)12-8(14)6-7(9)15-4-10-6/h2-4H,9H2,1H3,(H,12,14). The summed E-state index contributed by atoms with van der Waals surface area (Å²) in [5.74, 6) is -0.318. The summed E-state index contributed by atoms with van der Waals surface area (Å²) in [5, 5.41) is 6.99. The van der Waals surface area contributed by atoms with Crippen molar-refractivity contribution in [3.05, 3.63) is 23.6 Å². The Morgan fingerprint density at radius 1 is 1.67 bits per heavy atom. The molecule has 0 aliphatic heterocycles. The number of rotatable bonds is 2. The molecule has 7 heteroatoms. The largest absolute Gasteiger partial charge is 0.389 e. The van der Waals surface area contributed by atoms with Crippen molar-refractivity contribution in [1.82, 2.24) is 14.8 Å². The van der Waals surface area contributed by atoms with Gasteiger partial charge in [0.2, 0.25) is 0 Å². The fraction of sp³-hybridized carbons (Fsp3) is 0.125. The Bertz CT molecular complexity index is 489. The van der Waals surface area contributed by atoms with Crippen LogP contribution in [0.2, 0.25) is 0 Å². The molecule has 0 saturated carbocycles. The predicted octanol–water partition coefficient (Wildman–Crippen LogP) is 0.711.